The Bertz CT molecular complexity index is 864. The number of carbonyl (C=O) groups is 1. The highest BCUT2D eigenvalue weighted by Crippen LogP contribution is 2.22. The van der Waals surface area contributed by atoms with Gasteiger partial charge in [-0.05, 0) is 51.3 Å². The molecule has 1 aromatic carbocycles. The average molecular weight is 513 g/mol. The summed E-state index contributed by atoms with van der Waals surface area (Å²) in [5.41, 5.74) is 9.40. The van der Waals surface area contributed by atoms with E-state index in [0.29, 0.717) is 38.7 Å². The molecule has 7 nitrogen and oxygen atoms in total. The fourth-order valence-electron chi connectivity index (χ4n) is 3.48. The van der Waals surface area contributed by atoms with E-state index in [0.717, 1.165) is 11.9 Å². The fraction of sp³-hybridized carbons (Fsp3) is 0.524. The summed E-state index contributed by atoms with van der Waals surface area (Å²) in [7, 11) is 0. The topological polar surface area (TPSA) is 87.0 Å². The van der Waals surface area contributed by atoms with Crippen LogP contribution < -0.4 is 5.73 Å². The largest absolute Gasteiger partial charge is 0.444 e. The van der Waals surface area contributed by atoms with Crippen LogP contribution in [-0.4, -0.2) is 65.2 Å². The van der Waals surface area contributed by atoms with E-state index in [-0.39, 0.29) is 30.1 Å². The number of halogens is 1. The van der Waals surface area contributed by atoms with E-state index in [9.17, 15) is 4.79 Å². The van der Waals surface area contributed by atoms with Gasteiger partial charge in [-0.3, -0.25) is 4.99 Å². The number of fused-ring (bicyclic) bond motifs is 1. The number of benzene rings is 1. The van der Waals surface area contributed by atoms with E-state index in [4.69, 9.17) is 10.5 Å². The van der Waals surface area contributed by atoms with Gasteiger partial charge in [-0.1, -0.05) is 12.1 Å². The lowest BCUT2D eigenvalue weighted by Crippen LogP contribution is -2.53. The lowest BCUT2D eigenvalue weighted by Gasteiger charge is -2.36. The predicted molar refractivity (Wildman–Crippen MR) is 128 cm³/mol. The van der Waals surface area contributed by atoms with Gasteiger partial charge in [0.1, 0.15) is 5.60 Å². The molecule has 0 radical (unpaired) electrons. The molecule has 2 heterocycles. The molecule has 0 bridgehead atoms. The van der Waals surface area contributed by atoms with Crippen molar-refractivity contribution in [1.82, 2.24) is 14.8 Å². The number of aromatic amines is 1. The van der Waals surface area contributed by atoms with Crippen LogP contribution >= 0.6 is 24.0 Å². The van der Waals surface area contributed by atoms with Gasteiger partial charge in [0.05, 0.1) is 0 Å². The van der Waals surface area contributed by atoms with Gasteiger partial charge in [-0.15, -0.1) is 24.0 Å². The lowest BCUT2D eigenvalue weighted by molar-refractivity contribution is 0.0186. The first-order chi connectivity index (χ1) is 13.2. The molecule has 2 aromatic rings. The molecule has 3 N–H and O–H groups in total. The summed E-state index contributed by atoms with van der Waals surface area (Å²) in [6.07, 6.45) is 2.63. The number of rotatable bonds is 3. The number of hydrogen-bond donors (Lipinski definition) is 2. The Morgan fingerprint density at radius 3 is 2.52 bits per heavy atom. The van der Waals surface area contributed by atoms with Crippen molar-refractivity contribution in [3.63, 3.8) is 0 Å². The number of aromatic nitrogens is 1. The van der Waals surface area contributed by atoms with Gasteiger partial charge >= 0.3 is 6.09 Å². The molecule has 0 atom stereocenters. The van der Waals surface area contributed by atoms with E-state index in [1.807, 2.05) is 25.7 Å². The first kappa shape index (κ1) is 23.3. The van der Waals surface area contributed by atoms with Crippen LogP contribution in [0.25, 0.3) is 10.9 Å². The first-order valence-electron chi connectivity index (χ1n) is 9.83. The third-order valence-corrected chi connectivity index (χ3v) is 4.91. The van der Waals surface area contributed by atoms with E-state index in [2.05, 4.69) is 41.3 Å². The van der Waals surface area contributed by atoms with Gasteiger partial charge < -0.3 is 25.3 Å². The zero-order valence-corrected chi connectivity index (χ0v) is 20.0. The van der Waals surface area contributed by atoms with Crippen LogP contribution in [0, 0.1) is 6.92 Å². The molecule has 1 fully saturated rings. The smallest absolute Gasteiger partial charge is 0.410 e. The summed E-state index contributed by atoms with van der Waals surface area (Å²) in [5, 5.41) is 1.28. The Morgan fingerprint density at radius 1 is 1.21 bits per heavy atom. The van der Waals surface area contributed by atoms with Crippen LogP contribution in [0.15, 0.2) is 29.4 Å². The van der Waals surface area contributed by atoms with Crippen molar-refractivity contribution in [3.8, 4) is 0 Å². The van der Waals surface area contributed by atoms with Gasteiger partial charge in [0.15, 0.2) is 5.96 Å². The summed E-state index contributed by atoms with van der Waals surface area (Å²) in [6, 6.07) is 6.28. The normalized spacial score (nSPS) is 15.4. The highest BCUT2D eigenvalue weighted by Gasteiger charge is 2.26. The number of nitrogens with zero attached hydrogens (tertiary/aromatic N) is 3. The molecular weight excluding hydrogens is 481 g/mol. The fourth-order valence-corrected chi connectivity index (χ4v) is 3.48. The van der Waals surface area contributed by atoms with Crippen molar-refractivity contribution in [2.75, 3.05) is 32.7 Å². The quantitative estimate of drug-likeness (QED) is 0.374. The van der Waals surface area contributed by atoms with Crippen molar-refractivity contribution in [2.45, 2.75) is 39.7 Å². The molecule has 8 heteroatoms. The van der Waals surface area contributed by atoms with E-state index in [1.54, 1.807) is 4.90 Å². The number of amides is 1. The molecule has 0 spiro atoms. The molecule has 0 aliphatic carbocycles. The van der Waals surface area contributed by atoms with Crippen molar-refractivity contribution >= 4 is 46.9 Å². The first-order valence-corrected chi connectivity index (χ1v) is 9.83. The summed E-state index contributed by atoms with van der Waals surface area (Å²) < 4.78 is 5.43. The van der Waals surface area contributed by atoms with Gasteiger partial charge in [-0.2, -0.15) is 0 Å². The molecule has 29 heavy (non-hydrogen) atoms. The molecule has 1 aromatic heterocycles. The number of aryl methyl sites for hydroxylation is 1. The SMILES string of the molecule is Cc1cccc2[nH]cc(CCN=C(N)N3CCN(C(=O)OC(C)(C)C)CC3)c12.I. The molecular formula is C21H32IN5O2. The Kier molecular flexibility index (Phi) is 7.79. The number of carbonyl (C=O) groups excluding carboxylic acids is 1. The number of nitrogens with one attached hydrogen (secondary N) is 1. The molecule has 160 valence electrons. The average Bonchev–Trinajstić information content (AvgIpc) is 3.05. The summed E-state index contributed by atoms with van der Waals surface area (Å²) in [6.45, 7) is 10.9. The van der Waals surface area contributed by atoms with Crippen LogP contribution in [0.1, 0.15) is 31.9 Å². The predicted octanol–water partition coefficient (Wildman–Crippen LogP) is 3.50. The number of ether oxygens (including phenoxy) is 1. The number of piperazine rings is 1. The minimum Gasteiger partial charge on any atom is -0.444 e. The van der Waals surface area contributed by atoms with E-state index >= 15 is 0 Å². The second kappa shape index (κ2) is 9.69. The van der Waals surface area contributed by atoms with Crippen LogP contribution in [-0.2, 0) is 11.2 Å². The summed E-state index contributed by atoms with van der Waals surface area (Å²) >= 11 is 0. The molecule has 1 aliphatic heterocycles. The standard InChI is InChI=1S/C21H31N5O2.HI/c1-15-6-5-7-17-18(15)16(14-24-17)8-9-23-19(22)25-10-12-26(13-11-25)20(27)28-21(2,3)4;/h5-7,14,24H,8-13H2,1-4H3,(H2,22,23);1H. The number of guanidine groups is 1. The highest BCUT2D eigenvalue weighted by atomic mass is 127. The van der Waals surface area contributed by atoms with Gasteiger partial charge in [-0.25, -0.2) is 4.79 Å². The van der Waals surface area contributed by atoms with Gasteiger partial charge in [0, 0.05) is 49.8 Å². The van der Waals surface area contributed by atoms with Crippen LogP contribution in [0.4, 0.5) is 4.79 Å². The molecule has 1 aliphatic rings. The lowest BCUT2D eigenvalue weighted by atomic mass is 10.1. The zero-order valence-electron chi connectivity index (χ0n) is 17.7. The molecule has 0 unspecified atom stereocenters. The Balaban J connectivity index is 0.00000300. The maximum absolute atomic E-state index is 12.1. The van der Waals surface area contributed by atoms with Crippen molar-refractivity contribution in [3.05, 3.63) is 35.5 Å². The van der Waals surface area contributed by atoms with Gasteiger partial charge in [0.2, 0.25) is 0 Å². The number of H-pyrrole nitrogens is 1. The van der Waals surface area contributed by atoms with Crippen molar-refractivity contribution < 1.29 is 9.53 Å². The van der Waals surface area contributed by atoms with Crippen LogP contribution in [0.5, 0.6) is 0 Å². The Morgan fingerprint density at radius 2 is 1.86 bits per heavy atom. The zero-order chi connectivity index (χ0) is 20.3. The summed E-state index contributed by atoms with van der Waals surface area (Å²) in [4.78, 5) is 23.8. The Labute approximate surface area is 189 Å². The minimum atomic E-state index is -0.477. The van der Waals surface area contributed by atoms with E-state index < -0.39 is 5.60 Å². The van der Waals surface area contributed by atoms with E-state index in [1.165, 1.54) is 16.5 Å². The molecule has 0 saturated carbocycles. The minimum absolute atomic E-state index is 0. The van der Waals surface area contributed by atoms with Gasteiger partial charge in [0.25, 0.3) is 0 Å². The second-order valence-corrected chi connectivity index (χ2v) is 8.26. The third-order valence-electron chi connectivity index (χ3n) is 4.91. The number of nitrogens with two attached hydrogens (primary N) is 1. The molecule has 1 saturated heterocycles. The number of hydrogen-bond acceptors (Lipinski definition) is 3. The summed E-state index contributed by atoms with van der Waals surface area (Å²) in [5.74, 6) is 0.542. The highest BCUT2D eigenvalue weighted by molar-refractivity contribution is 14.0. The van der Waals surface area contributed by atoms with Crippen LogP contribution in [0.2, 0.25) is 0 Å². The maximum Gasteiger partial charge on any atom is 0.410 e. The monoisotopic (exact) mass is 513 g/mol. The van der Waals surface area contributed by atoms with Crippen molar-refractivity contribution in [2.24, 2.45) is 10.7 Å². The second-order valence-electron chi connectivity index (χ2n) is 8.26. The molecule has 3 rings (SSSR count). The third kappa shape index (κ3) is 6.01. The Hall–Kier alpha value is -1.97. The van der Waals surface area contributed by atoms with Crippen molar-refractivity contribution in [1.29, 1.82) is 0 Å². The molecule has 1 amide bonds. The van der Waals surface area contributed by atoms with Crippen LogP contribution in [0.3, 0.4) is 0 Å². The maximum atomic E-state index is 12.1. The number of aliphatic imine (C=N–C) groups is 1.